The fraction of sp³-hybridized carbons (Fsp3) is 0.471. The summed E-state index contributed by atoms with van der Waals surface area (Å²) in [7, 11) is 1.57. The maximum Gasteiger partial charge on any atom is 0.331 e. The number of nitrogens with one attached hydrogen (secondary N) is 1. The second-order valence-electron chi connectivity index (χ2n) is 5.54. The molecule has 0 unspecified atom stereocenters. The monoisotopic (exact) mass is 333 g/mol. The van der Waals surface area contributed by atoms with E-state index in [0.717, 1.165) is 6.42 Å². The number of nitrogens with zero attached hydrogens (tertiary/aromatic N) is 2. The van der Waals surface area contributed by atoms with E-state index >= 15 is 0 Å². The molecule has 7 heteroatoms. The topological polar surface area (TPSA) is 82.3 Å². The number of ether oxygens (including phenoxy) is 1. The zero-order valence-electron chi connectivity index (χ0n) is 14.1. The molecule has 1 aromatic heterocycles. The van der Waals surface area contributed by atoms with Crippen molar-refractivity contribution in [2.75, 3.05) is 20.3 Å². The van der Waals surface area contributed by atoms with Crippen LogP contribution in [0, 0.1) is 0 Å². The first-order valence-electron chi connectivity index (χ1n) is 8.08. The maximum absolute atomic E-state index is 12.7. The Hall–Kier alpha value is -2.41. The van der Waals surface area contributed by atoms with Crippen LogP contribution in [0.15, 0.2) is 33.9 Å². The first kappa shape index (κ1) is 17.9. The molecule has 0 spiro atoms. The molecule has 130 valence electrons. The lowest BCUT2D eigenvalue weighted by Crippen LogP contribution is -2.42. The number of carbonyl (C=O) groups is 1. The number of amides is 1. The van der Waals surface area contributed by atoms with Crippen LogP contribution in [-0.2, 0) is 22.6 Å². The number of aromatic nitrogens is 2. The standard InChI is InChI=1S/C17H23N3O4/c1-3-9-18-15(21)12-20-14-8-5-4-7-13(14)16(22)19(17(20)23)10-6-11-24-2/h4-5,7-8H,3,6,9-12H2,1-2H3,(H,18,21). The van der Waals surface area contributed by atoms with Crippen molar-refractivity contribution < 1.29 is 9.53 Å². The van der Waals surface area contributed by atoms with E-state index < -0.39 is 5.69 Å². The van der Waals surface area contributed by atoms with Crippen molar-refractivity contribution in [3.63, 3.8) is 0 Å². The Morgan fingerprint density at radius 3 is 2.67 bits per heavy atom. The SMILES string of the molecule is CCCNC(=O)Cn1c(=O)n(CCCOC)c(=O)c2ccccc21. The molecule has 7 nitrogen and oxygen atoms in total. The Bertz CT molecular complexity index is 823. The molecule has 0 aliphatic heterocycles. The summed E-state index contributed by atoms with van der Waals surface area (Å²) in [6, 6.07) is 6.85. The van der Waals surface area contributed by atoms with Gasteiger partial charge in [-0.3, -0.25) is 18.7 Å². The predicted octanol–water partition coefficient (Wildman–Crippen LogP) is 0.726. The van der Waals surface area contributed by atoms with Gasteiger partial charge in [0.05, 0.1) is 10.9 Å². The van der Waals surface area contributed by atoms with Crippen LogP contribution in [0.3, 0.4) is 0 Å². The average molecular weight is 333 g/mol. The van der Waals surface area contributed by atoms with Gasteiger partial charge in [0.15, 0.2) is 0 Å². The van der Waals surface area contributed by atoms with Crippen LogP contribution in [0.1, 0.15) is 19.8 Å². The minimum atomic E-state index is -0.471. The maximum atomic E-state index is 12.7. The molecule has 0 atom stereocenters. The molecule has 0 aliphatic rings. The van der Waals surface area contributed by atoms with Crippen LogP contribution in [0.25, 0.3) is 10.9 Å². The Morgan fingerprint density at radius 1 is 1.21 bits per heavy atom. The van der Waals surface area contributed by atoms with Crippen LogP contribution in [0.5, 0.6) is 0 Å². The van der Waals surface area contributed by atoms with Gasteiger partial charge in [-0.05, 0) is 25.0 Å². The van der Waals surface area contributed by atoms with E-state index in [1.807, 2.05) is 6.92 Å². The molecule has 0 aliphatic carbocycles. The van der Waals surface area contributed by atoms with Gasteiger partial charge in [-0.2, -0.15) is 0 Å². The molecule has 0 fully saturated rings. The summed E-state index contributed by atoms with van der Waals surface area (Å²) < 4.78 is 7.51. The Kier molecular flexibility index (Phi) is 6.31. The summed E-state index contributed by atoms with van der Waals surface area (Å²) in [6.07, 6.45) is 1.37. The molecule has 1 N–H and O–H groups in total. The number of hydrogen-bond donors (Lipinski definition) is 1. The number of fused-ring (bicyclic) bond motifs is 1. The van der Waals surface area contributed by atoms with E-state index in [9.17, 15) is 14.4 Å². The minimum Gasteiger partial charge on any atom is -0.385 e. The summed E-state index contributed by atoms with van der Waals surface area (Å²) in [5, 5.41) is 3.18. The summed E-state index contributed by atoms with van der Waals surface area (Å²) >= 11 is 0. The normalized spacial score (nSPS) is 10.9. The van der Waals surface area contributed by atoms with Gasteiger partial charge in [-0.1, -0.05) is 19.1 Å². The highest BCUT2D eigenvalue weighted by Crippen LogP contribution is 2.07. The van der Waals surface area contributed by atoms with Gasteiger partial charge in [-0.15, -0.1) is 0 Å². The smallest absolute Gasteiger partial charge is 0.331 e. The highest BCUT2D eigenvalue weighted by molar-refractivity contribution is 5.81. The van der Waals surface area contributed by atoms with Crippen LogP contribution >= 0.6 is 0 Å². The first-order chi connectivity index (χ1) is 11.6. The van der Waals surface area contributed by atoms with Crippen molar-refractivity contribution in [3.8, 4) is 0 Å². The average Bonchev–Trinajstić information content (AvgIpc) is 2.59. The molecule has 1 amide bonds. The van der Waals surface area contributed by atoms with Crippen molar-refractivity contribution >= 4 is 16.8 Å². The molecule has 0 bridgehead atoms. The van der Waals surface area contributed by atoms with Crippen molar-refractivity contribution in [1.29, 1.82) is 0 Å². The fourth-order valence-corrected chi connectivity index (χ4v) is 2.55. The summed E-state index contributed by atoms with van der Waals surface area (Å²) in [6.45, 7) is 3.11. The molecular weight excluding hydrogens is 310 g/mol. The molecule has 0 radical (unpaired) electrons. The third kappa shape index (κ3) is 3.91. The van der Waals surface area contributed by atoms with E-state index in [4.69, 9.17) is 4.74 Å². The van der Waals surface area contributed by atoms with Crippen molar-refractivity contribution in [2.45, 2.75) is 32.9 Å². The Balaban J connectivity index is 2.49. The number of benzene rings is 1. The van der Waals surface area contributed by atoms with Gasteiger partial charge < -0.3 is 10.1 Å². The van der Waals surface area contributed by atoms with Crippen LogP contribution in [0.4, 0.5) is 0 Å². The lowest BCUT2D eigenvalue weighted by atomic mass is 10.2. The van der Waals surface area contributed by atoms with Crippen LogP contribution < -0.4 is 16.6 Å². The number of para-hydroxylation sites is 1. The van der Waals surface area contributed by atoms with Crippen molar-refractivity contribution in [2.24, 2.45) is 0 Å². The van der Waals surface area contributed by atoms with Crippen molar-refractivity contribution in [1.82, 2.24) is 14.5 Å². The quantitative estimate of drug-likeness (QED) is 0.722. The summed E-state index contributed by atoms with van der Waals surface area (Å²) in [5.41, 5.74) is -0.333. The summed E-state index contributed by atoms with van der Waals surface area (Å²) in [4.78, 5) is 37.3. The number of carbonyl (C=O) groups excluding carboxylic acids is 1. The molecule has 2 aromatic rings. The van der Waals surface area contributed by atoms with E-state index in [0.29, 0.717) is 30.5 Å². The van der Waals surface area contributed by atoms with Gasteiger partial charge in [0, 0.05) is 26.8 Å². The Morgan fingerprint density at radius 2 is 1.96 bits per heavy atom. The number of rotatable bonds is 8. The fourth-order valence-electron chi connectivity index (χ4n) is 2.55. The predicted molar refractivity (Wildman–Crippen MR) is 92.3 cm³/mol. The lowest BCUT2D eigenvalue weighted by Gasteiger charge is -2.14. The molecule has 24 heavy (non-hydrogen) atoms. The van der Waals surface area contributed by atoms with Gasteiger partial charge in [0.1, 0.15) is 6.54 Å². The molecular formula is C17H23N3O4. The molecule has 2 rings (SSSR count). The number of methoxy groups -OCH3 is 1. The highest BCUT2D eigenvalue weighted by Gasteiger charge is 2.14. The second kappa shape index (κ2) is 8.44. The number of hydrogen-bond acceptors (Lipinski definition) is 4. The third-order valence-corrected chi connectivity index (χ3v) is 3.74. The third-order valence-electron chi connectivity index (χ3n) is 3.74. The highest BCUT2D eigenvalue weighted by atomic mass is 16.5. The van der Waals surface area contributed by atoms with Gasteiger partial charge in [0.2, 0.25) is 5.91 Å². The largest absolute Gasteiger partial charge is 0.385 e. The van der Waals surface area contributed by atoms with Crippen LogP contribution in [0.2, 0.25) is 0 Å². The zero-order chi connectivity index (χ0) is 17.5. The van der Waals surface area contributed by atoms with Gasteiger partial charge in [-0.25, -0.2) is 4.79 Å². The first-order valence-corrected chi connectivity index (χ1v) is 8.08. The van der Waals surface area contributed by atoms with Gasteiger partial charge in [0.25, 0.3) is 5.56 Å². The van der Waals surface area contributed by atoms with E-state index in [-0.39, 0.29) is 24.6 Å². The Labute approximate surface area is 139 Å². The van der Waals surface area contributed by atoms with Gasteiger partial charge >= 0.3 is 5.69 Å². The molecule has 1 heterocycles. The van der Waals surface area contributed by atoms with E-state index in [1.54, 1.807) is 31.4 Å². The molecule has 0 saturated heterocycles. The van der Waals surface area contributed by atoms with E-state index in [1.165, 1.54) is 9.13 Å². The zero-order valence-corrected chi connectivity index (χ0v) is 14.1. The second-order valence-corrected chi connectivity index (χ2v) is 5.54. The van der Waals surface area contributed by atoms with Crippen molar-refractivity contribution in [3.05, 3.63) is 45.1 Å². The lowest BCUT2D eigenvalue weighted by molar-refractivity contribution is -0.121. The summed E-state index contributed by atoms with van der Waals surface area (Å²) in [5.74, 6) is -0.244. The minimum absolute atomic E-state index is 0.107. The van der Waals surface area contributed by atoms with Crippen LogP contribution in [-0.4, -0.2) is 35.3 Å². The molecule has 0 saturated carbocycles. The molecule has 1 aromatic carbocycles. The van der Waals surface area contributed by atoms with E-state index in [2.05, 4.69) is 5.32 Å².